The SMILES string of the molecule is CC(=O)OC1C=C2C=CC3C(CC[C@@]4(C)C3CC[C@@]43CCC(=O)O3)[C@@]2(C)CC1. The summed E-state index contributed by atoms with van der Waals surface area (Å²) in [6, 6.07) is 0. The van der Waals surface area contributed by atoms with Crippen molar-refractivity contribution in [2.45, 2.75) is 83.8 Å². The Morgan fingerprint density at radius 2 is 1.89 bits per heavy atom. The van der Waals surface area contributed by atoms with E-state index in [9.17, 15) is 9.59 Å². The van der Waals surface area contributed by atoms with Crippen molar-refractivity contribution in [3.05, 3.63) is 23.8 Å². The van der Waals surface area contributed by atoms with E-state index in [4.69, 9.17) is 9.47 Å². The van der Waals surface area contributed by atoms with Gasteiger partial charge in [-0.2, -0.15) is 0 Å². The highest BCUT2D eigenvalue weighted by atomic mass is 16.6. The Hall–Kier alpha value is -1.58. The molecule has 1 saturated heterocycles. The van der Waals surface area contributed by atoms with Crippen molar-refractivity contribution in [2.75, 3.05) is 0 Å². The fourth-order valence-corrected chi connectivity index (χ4v) is 7.73. The number of rotatable bonds is 1. The highest BCUT2D eigenvalue weighted by Crippen LogP contribution is 2.68. The van der Waals surface area contributed by atoms with Gasteiger partial charge in [-0.15, -0.1) is 0 Å². The average molecular weight is 385 g/mol. The highest BCUT2D eigenvalue weighted by molar-refractivity contribution is 5.72. The van der Waals surface area contributed by atoms with E-state index < -0.39 is 0 Å². The first-order chi connectivity index (χ1) is 13.3. The van der Waals surface area contributed by atoms with Crippen LogP contribution in [0.4, 0.5) is 0 Å². The van der Waals surface area contributed by atoms with Gasteiger partial charge < -0.3 is 9.47 Å². The maximum absolute atomic E-state index is 12.0. The smallest absolute Gasteiger partial charge is 0.306 e. The van der Waals surface area contributed by atoms with Crippen molar-refractivity contribution in [2.24, 2.45) is 28.6 Å². The summed E-state index contributed by atoms with van der Waals surface area (Å²) >= 11 is 0. The molecule has 152 valence electrons. The van der Waals surface area contributed by atoms with Crippen LogP contribution in [-0.2, 0) is 19.1 Å². The highest BCUT2D eigenvalue weighted by Gasteiger charge is 2.66. The van der Waals surface area contributed by atoms with Crippen LogP contribution in [-0.4, -0.2) is 23.6 Å². The summed E-state index contributed by atoms with van der Waals surface area (Å²) in [5.74, 6) is 1.60. The normalized spacial score (nSPS) is 49.1. The average Bonchev–Trinajstić information content (AvgIpc) is 3.16. The number of carbonyl (C=O) groups excluding carboxylic acids is 2. The molecule has 0 aromatic rings. The Kier molecular flexibility index (Phi) is 3.93. The first-order valence-electron chi connectivity index (χ1n) is 11.1. The second kappa shape index (κ2) is 5.96. The lowest BCUT2D eigenvalue weighted by molar-refractivity contribution is -0.165. The van der Waals surface area contributed by atoms with Gasteiger partial charge in [-0.1, -0.05) is 26.0 Å². The Morgan fingerprint density at radius 1 is 1.11 bits per heavy atom. The Morgan fingerprint density at radius 3 is 2.61 bits per heavy atom. The van der Waals surface area contributed by atoms with E-state index in [1.54, 1.807) is 0 Å². The molecule has 0 bridgehead atoms. The number of allylic oxidation sites excluding steroid dienone is 3. The number of hydrogen-bond acceptors (Lipinski definition) is 4. The fraction of sp³-hybridized carbons (Fsp3) is 0.750. The molecule has 0 radical (unpaired) electrons. The van der Waals surface area contributed by atoms with Gasteiger partial charge in [-0.3, -0.25) is 9.59 Å². The Bertz CT molecular complexity index is 781. The second-order valence-electron chi connectivity index (χ2n) is 10.3. The molecule has 0 N–H and O–H groups in total. The number of ether oxygens (including phenoxy) is 2. The van der Waals surface area contributed by atoms with Crippen LogP contribution < -0.4 is 0 Å². The summed E-state index contributed by atoms with van der Waals surface area (Å²) in [4.78, 5) is 23.4. The summed E-state index contributed by atoms with van der Waals surface area (Å²) in [7, 11) is 0. The van der Waals surface area contributed by atoms with Crippen LogP contribution in [0.3, 0.4) is 0 Å². The van der Waals surface area contributed by atoms with E-state index in [1.807, 2.05) is 0 Å². The molecule has 5 aliphatic rings. The maximum Gasteiger partial charge on any atom is 0.306 e. The molecule has 0 aromatic heterocycles. The van der Waals surface area contributed by atoms with Crippen LogP contribution in [0.1, 0.15) is 72.1 Å². The van der Waals surface area contributed by atoms with Crippen LogP contribution in [0.15, 0.2) is 23.8 Å². The van der Waals surface area contributed by atoms with E-state index in [2.05, 4.69) is 32.1 Å². The molecule has 4 unspecified atom stereocenters. The zero-order chi connectivity index (χ0) is 19.7. The minimum Gasteiger partial charge on any atom is -0.458 e. The molecule has 4 aliphatic carbocycles. The standard InChI is InChI=1S/C24H32O4/c1-15(25)27-17-6-10-22(2)16(14-17)4-5-18-19(22)7-11-23(3)20(18)8-12-24(23)13-9-21(26)28-24/h4-5,14,17-20H,6-13H2,1-3H3/t17?,18?,19?,20?,22-,23-,24+/m0/s1. The summed E-state index contributed by atoms with van der Waals surface area (Å²) in [5.41, 5.74) is 1.42. The van der Waals surface area contributed by atoms with Gasteiger partial charge in [-0.25, -0.2) is 0 Å². The van der Waals surface area contributed by atoms with Crippen LogP contribution >= 0.6 is 0 Å². The molecule has 1 heterocycles. The third-order valence-electron chi connectivity index (χ3n) is 9.27. The predicted molar refractivity (Wildman–Crippen MR) is 105 cm³/mol. The van der Waals surface area contributed by atoms with Gasteiger partial charge in [0.25, 0.3) is 0 Å². The van der Waals surface area contributed by atoms with E-state index in [0.717, 1.165) is 32.1 Å². The molecule has 7 atom stereocenters. The molecule has 2 saturated carbocycles. The lowest BCUT2D eigenvalue weighted by atomic mass is 9.48. The Labute approximate surface area is 167 Å². The molecule has 1 spiro atoms. The number of fused-ring (bicyclic) bond motifs is 6. The van der Waals surface area contributed by atoms with E-state index >= 15 is 0 Å². The third-order valence-corrected chi connectivity index (χ3v) is 9.27. The van der Waals surface area contributed by atoms with Crippen molar-refractivity contribution in [3.8, 4) is 0 Å². The fourth-order valence-electron chi connectivity index (χ4n) is 7.73. The zero-order valence-electron chi connectivity index (χ0n) is 17.3. The van der Waals surface area contributed by atoms with Crippen molar-refractivity contribution in [3.63, 3.8) is 0 Å². The minimum absolute atomic E-state index is 0.00385. The second-order valence-corrected chi connectivity index (χ2v) is 10.3. The van der Waals surface area contributed by atoms with E-state index in [1.165, 1.54) is 25.3 Å². The molecular formula is C24H32O4. The van der Waals surface area contributed by atoms with Gasteiger partial charge >= 0.3 is 11.9 Å². The van der Waals surface area contributed by atoms with Gasteiger partial charge in [-0.05, 0) is 79.8 Å². The minimum atomic E-state index is -0.211. The molecule has 5 rings (SSSR count). The topological polar surface area (TPSA) is 52.6 Å². The van der Waals surface area contributed by atoms with Crippen LogP contribution in [0.2, 0.25) is 0 Å². The molecule has 1 aliphatic heterocycles. The summed E-state index contributed by atoms with van der Waals surface area (Å²) < 4.78 is 11.5. The summed E-state index contributed by atoms with van der Waals surface area (Å²) in [6.07, 6.45) is 14.9. The molecular weight excluding hydrogens is 352 g/mol. The number of hydrogen-bond donors (Lipinski definition) is 0. The van der Waals surface area contributed by atoms with Gasteiger partial charge in [0.1, 0.15) is 11.7 Å². The molecule has 3 fully saturated rings. The van der Waals surface area contributed by atoms with Gasteiger partial charge in [0.2, 0.25) is 0 Å². The Balaban J connectivity index is 1.46. The van der Waals surface area contributed by atoms with Crippen LogP contribution in [0, 0.1) is 28.6 Å². The molecule has 28 heavy (non-hydrogen) atoms. The van der Waals surface area contributed by atoms with E-state index in [0.29, 0.717) is 24.2 Å². The number of carbonyl (C=O) groups is 2. The first-order valence-corrected chi connectivity index (χ1v) is 11.1. The van der Waals surface area contributed by atoms with Crippen LogP contribution in [0.25, 0.3) is 0 Å². The monoisotopic (exact) mass is 384 g/mol. The number of esters is 2. The van der Waals surface area contributed by atoms with Crippen molar-refractivity contribution >= 4 is 11.9 Å². The lowest BCUT2D eigenvalue weighted by Crippen LogP contribution is -2.53. The van der Waals surface area contributed by atoms with Crippen molar-refractivity contribution in [1.29, 1.82) is 0 Å². The van der Waals surface area contributed by atoms with Gasteiger partial charge in [0, 0.05) is 18.8 Å². The first kappa shape index (κ1) is 18.4. The lowest BCUT2D eigenvalue weighted by Gasteiger charge is -2.57. The zero-order valence-corrected chi connectivity index (χ0v) is 17.3. The van der Waals surface area contributed by atoms with Gasteiger partial charge in [0.05, 0.1) is 0 Å². The third kappa shape index (κ3) is 2.35. The van der Waals surface area contributed by atoms with Crippen molar-refractivity contribution < 1.29 is 19.1 Å². The molecule has 0 aromatic carbocycles. The summed E-state index contributed by atoms with van der Waals surface area (Å²) in [5, 5.41) is 0. The quantitative estimate of drug-likeness (QED) is 0.613. The van der Waals surface area contributed by atoms with Gasteiger partial charge in [0.15, 0.2) is 0 Å². The molecule has 4 heteroatoms. The van der Waals surface area contributed by atoms with E-state index in [-0.39, 0.29) is 34.5 Å². The molecule has 0 amide bonds. The predicted octanol–water partition coefficient (Wildman–Crippen LogP) is 4.73. The largest absolute Gasteiger partial charge is 0.458 e. The maximum atomic E-state index is 12.0. The molecule has 4 nitrogen and oxygen atoms in total. The van der Waals surface area contributed by atoms with Crippen molar-refractivity contribution in [1.82, 2.24) is 0 Å². The summed E-state index contributed by atoms with van der Waals surface area (Å²) in [6.45, 7) is 6.32. The van der Waals surface area contributed by atoms with Crippen LogP contribution in [0.5, 0.6) is 0 Å².